The van der Waals surface area contributed by atoms with Gasteiger partial charge in [-0.25, -0.2) is 12.8 Å². The van der Waals surface area contributed by atoms with Gasteiger partial charge >= 0.3 is 6.18 Å². The first-order valence-corrected chi connectivity index (χ1v) is 10.8. The molecule has 0 atom stereocenters. The molecule has 1 saturated heterocycles. The van der Waals surface area contributed by atoms with Gasteiger partial charge in [-0.2, -0.15) is 17.5 Å². The molecule has 0 bridgehead atoms. The highest BCUT2D eigenvalue weighted by atomic mass is 32.2. The molecule has 1 aliphatic heterocycles. The molecule has 1 fully saturated rings. The van der Waals surface area contributed by atoms with Crippen molar-refractivity contribution in [1.29, 1.82) is 0 Å². The van der Waals surface area contributed by atoms with Crippen molar-refractivity contribution in [2.24, 2.45) is 0 Å². The van der Waals surface area contributed by atoms with Crippen molar-refractivity contribution in [3.8, 4) is 0 Å². The van der Waals surface area contributed by atoms with E-state index in [0.717, 1.165) is 23.5 Å². The van der Waals surface area contributed by atoms with Crippen LogP contribution in [0.25, 0.3) is 0 Å². The van der Waals surface area contributed by atoms with Gasteiger partial charge in [0.05, 0.1) is 6.54 Å². The Morgan fingerprint density at radius 2 is 1.86 bits per heavy atom. The van der Waals surface area contributed by atoms with Crippen molar-refractivity contribution in [3.05, 3.63) is 29.6 Å². The monoisotopic (exact) mass is 439 g/mol. The number of sulfonamides is 1. The summed E-state index contributed by atoms with van der Waals surface area (Å²) >= 11 is 0. The molecule has 0 radical (unpaired) electrons. The average Bonchev–Trinajstić information content (AvgIpc) is 2.64. The molecule has 11 heteroatoms. The second-order valence-electron chi connectivity index (χ2n) is 7.07. The SMILES string of the molecule is CN(CCCNC(=O)c1ccc(F)c(S(=O)(=O)N2CCCCC2)c1)CC(F)(F)F. The van der Waals surface area contributed by atoms with Crippen LogP contribution in [0.5, 0.6) is 0 Å². The molecule has 0 aliphatic carbocycles. The van der Waals surface area contributed by atoms with Crippen LogP contribution >= 0.6 is 0 Å². The molecule has 2 rings (SSSR count). The summed E-state index contributed by atoms with van der Waals surface area (Å²) in [6, 6.07) is 3.11. The Hall–Kier alpha value is -1.72. The van der Waals surface area contributed by atoms with Gasteiger partial charge in [-0.05, 0) is 51.1 Å². The maximum absolute atomic E-state index is 14.2. The lowest BCUT2D eigenvalue weighted by Crippen LogP contribution is -2.36. The Balaban J connectivity index is 1.97. The number of hydrogen-bond donors (Lipinski definition) is 1. The molecular weight excluding hydrogens is 414 g/mol. The number of alkyl halides is 3. The normalized spacial score (nSPS) is 16.2. The minimum absolute atomic E-state index is 0.0226. The van der Waals surface area contributed by atoms with Crippen LogP contribution < -0.4 is 5.32 Å². The quantitative estimate of drug-likeness (QED) is 0.500. The maximum atomic E-state index is 14.2. The molecule has 1 heterocycles. The highest BCUT2D eigenvalue weighted by Crippen LogP contribution is 2.24. The van der Waals surface area contributed by atoms with Crippen LogP contribution in [-0.2, 0) is 10.0 Å². The van der Waals surface area contributed by atoms with Gasteiger partial charge in [0.2, 0.25) is 10.0 Å². The lowest BCUT2D eigenvalue weighted by molar-refractivity contribution is -0.143. The Morgan fingerprint density at radius 1 is 1.21 bits per heavy atom. The van der Waals surface area contributed by atoms with E-state index in [4.69, 9.17) is 0 Å². The summed E-state index contributed by atoms with van der Waals surface area (Å²) in [6.45, 7) is -0.200. The standard InChI is InChI=1S/C18H25F4N3O3S/c1-24(13-18(20,21)22)9-5-8-23-17(26)14-6-7-15(19)16(12-14)29(27,28)25-10-3-2-4-11-25/h6-7,12H,2-5,8-11,13H2,1H3,(H,23,26). The number of benzene rings is 1. The first-order valence-electron chi connectivity index (χ1n) is 9.34. The van der Waals surface area contributed by atoms with E-state index in [9.17, 15) is 30.8 Å². The molecule has 0 spiro atoms. The lowest BCUT2D eigenvalue weighted by atomic mass is 10.2. The number of carbonyl (C=O) groups is 1. The molecule has 1 N–H and O–H groups in total. The van der Waals surface area contributed by atoms with Crippen LogP contribution in [0.4, 0.5) is 17.6 Å². The van der Waals surface area contributed by atoms with Crippen LogP contribution in [0.1, 0.15) is 36.0 Å². The summed E-state index contributed by atoms with van der Waals surface area (Å²) in [5, 5.41) is 2.52. The van der Waals surface area contributed by atoms with E-state index in [1.807, 2.05) is 0 Å². The second-order valence-corrected chi connectivity index (χ2v) is 8.98. The van der Waals surface area contributed by atoms with Crippen molar-refractivity contribution >= 4 is 15.9 Å². The van der Waals surface area contributed by atoms with Gasteiger partial charge in [-0.3, -0.25) is 9.69 Å². The van der Waals surface area contributed by atoms with Gasteiger partial charge < -0.3 is 5.32 Å². The molecule has 6 nitrogen and oxygen atoms in total. The number of nitrogens with zero attached hydrogens (tertiary/aromatic N) is 2. The third-order valence-corrected chi connectivity index (χ3v) is 6.49. The number of amides is 1. The van der Waals surface area contributed by atoms with E-state index in [1.54, 1.807) is 0 Å². The predicted molar refractivity (Wildman–Crippen MR) is 99.5 cm³/mol. The minimum atomic E-state index is -4.29. The molecule has 0 saturated carbocycles. The van der Waals surface area contributed by atoms with Gasteiger partial charge in [0.15, 0.2) is 0 Å². The number of nitrogens with one attached hydrogen (secondary N) is 1. The summed E-state index contributed by atoms with van der Waals surface area (Å²) in [5.74, 6) is -1.54. The highest BCUT2D eigenvalue weighted by Gasteiger charge is 2.30. The number of rotatable bonds is 8. The molecule has 0 aromatic heterocycles. The summed E-state index contributed by atoms with van der Waals surface area (Å²) < 4.78 is 77.6. The molecular formula is C18H25F4N3O3S. The van der Waals surface area contributed by atoms with E-state index in [0.29, 0.717) is 25.9 Å². The molecule has 1 aromatic carbocycles. The van der Waals surface area contributed by atoms with Crippen LogP contribution in [0.3, 0.4) is 0 Å². The van der Waals surface area contributed by atoms with Gasteiger partial charge in [0.25, 0.3) is 5.91 Å². The van der Waals surface area contributed by atoms with Crippen LogP contribution in [0.15, 0.2) is 23.1 Å². The van der Waals surface area contributed by atoms with Crippen molar-refractivity contribution in [2.75, 3.05) is 39.8 Å². The van der Waals surface area contributed by atoms with Crippen molar-refractivity contribution in [3.63, 3.8) is 0 Å². The molecule has 29 heavy (non-hydrogen) atoms. The van der Waals surface area contributed by atoms with E-state index in [2.05, 4.69) is 5.32 Å². The fraction of sp³-hybridized carbons (Fsp3) is 0.611. The summed E-state index contributed by atoms with van der Waals surface area (Å²) in [7, 11) is -2.71. The van der Waals surface area contributed by atoms with Gasteiger partial charge in [-0.15, -0.1) is 0 Å². The van der Waals surface area contributed by atoms with Crippen LogP contribution in [-0.4, -0.2) is 69.5 Å². The number of halogens is 4. The number of carbonyl (C=O) groups excluding carboxylic acids is 1. The van der Waals surface area contributed by atoms with E-state index < -0.39 is 39.4 Å². The molecule has 1 aromatic rings. The van der Waals surface area contributed by atoms with Crippen molar-refractivity contribution in [1.82, 2.24) is 14.5 Å². The topological polar surface area (TPSA) is 69.7 Å². The third kappa shape index (κ3) is 6.93. The van der Waals surface area contributed by atoms with Crippen molar-refractivity contribution in [2.45, 2.75) is 36.8 Å². The van der Waals surface area contributed by atoms with E-state index >= 15 is 0 Å². The second kappa shape index (κ2) is 9.86. The first kappa shape index (κ1) is 23.6. The van der Waals surface area contributed by atoms with E-state index in [1.165, 1.54) is 17.4 Å². The van der Waals surface area contributed by atoms with Crippen LogP contribution in [0, 0.1) is 5.82 Å². The van der Waals surface area contributed by atoms with Crippen molar-refractivity contribution < 1.29 is 30.8 Å². The predicted octanol–water partition coefficient (Wildman–Crippen LogP) is 2.61. The first-order chi connectivity index (χ1) is 13.5. The molecule has 1 amide bonds. The van der Waals surface area contributed by atoms with E-state index in [-0.39, 0.29) is 25.1 Å². The summed E-state index contributed by atoms with van der Waals surface area (Å²) in [4.78, 5) is 12.8. The third-order valence-electron chi connectivity index (χ3n) is 4.58. The molecule has 164 valence electrons. The summed E-state index contributed by atoms with van der Waals surface area (Å²) in [6.07, 6.45) is -1.70. The maximum Gasteiger partial charge on any atom is 0.401 e. The Kier molecular flexibility index (Phi) is 8.01. The fourth-order valence-corrected chi connectivity index (χ4v) is 4.73. The Labute approximate surface area is 167 Å². The molecule has 1 aliphatic rings. The smallest absolute Gasteiger partial charge is 0.352 e. The zero-order valence-electron chi connectivity index (χ0n) is 16.1. The van der Waals surface area contributed by atoms with Gasteiger partial charge in [0.1, 0.15) is 10.7 Å². The lowest BCUT2D eigenvalue weighted by Gasteiger charge is -2.26. The number of piperidine rings is 1. The largest absolute Gasteiger partial charge is 0.401 e. The molecule has 0 unspecified atom stereocenters. The van der Waals surface area contributed by atoms with Crippen LogP contribution in [0.2, 0.25) is 0 Å². The highest BCUT2D eigenvalue weighted by molar-refractivity contribution is 7.89. The van der Waals surface area contributed by atoms with Gasteiger partial charge in [-0.1, -0.05) is 6.42 Å². The zero-order chi connectivity index (χ0) is 21.7. The Bertz CT molecular complexity index is 809. The summed E-state index contributed by atoms with van der Waals surface area (Å²) in [5.41, 5.74) is -0.0226. The number of hydrogen-bond acceptors (Lipinski definition) is 4. The average molecular weight is 439 g/mol. The van der Waals surface area contributed by atoms with Gasteiger partial charge in [0, 0.05) is 25.2 Å². The Morgan fingerprint density at radius 3 is 2.48 bits per heavy atom. The fourth-order valence-electron chi connectivity index (χ4n) is 3.12. The zero-order valence-corrected chi connectivity index (χ0v) is 17.0. The minimum Gasteiger partial charge on any atom is -0.352 e.